The number of thiophene rings is 1. The fourth-order valence-corrected chi connectivity index (χ4v) is 4.60. The highest BCUT2D eigenvalue weighted by molar-refractivity contribution is 7.07. The molecule has 1 fully saturated rings. The number of hydrogen-bond acceptors (Lipinski definition) is 4. The van der Waals surface area contributed by atoms with Crippen LogP contribution >= 0.6 is 11.3 Å². The summed E-state index contributed by atoms with van der Waals surface area (Å²) in [5.74, 6) is 0.734. The summed E-state index contributed by atoms with van der Waals surface area (Å²) in [5.41, 5.74) is 2.62. The van der Waals surface area contributed by atoms with Gasteiger partial charge in [0.15, 0.2) is 0 Å². The van der Waals surface area contributed by atoms with Crippen LogP contribution in [0.2, 0.25) is 0 Å². The minimum absolute atomic E-state index is 0.0119. The first-order valence-electron chi connectivity index (χ1n) is 9.51. The first-order chi connectivity index (χ1) is 12.8. The van der Waals surface area contributed by atoms with Gasteiger partial charge in [0, 0.05) is 57.8 Å². The molecule has 0 aromatic carbocycles. The van der Waals surface area contributed by atoms with E-state index in [9.17, 15) is 4.79 Å². The Labute approximate surface area is 159 Å². The van der Waals surface area contributed by atoms with E-state index in [-0.39, 0.29) is 11.8 Å². The second kappa shape index (κ2) is 8.37. The number of hydrogen-bond donors (Lipinski definition) is 1. The molecule has 2 aromatic rings. The summed E-state index contributed by atoms with van der Waals surface area (Å²) in [5, 5.41) is 7.54. The zero-order valence-corrected chi connectivity index (χ0v) is 15.9. The molecule has 2 aromatic heterocycles. The van der Waals surface area contributed by atoms with E-state index in [4.69, 9.17) is 4.74 Å². The minimum atomic E-state index is -0.0119. The van der Waals surface area contributed by atoms with Gasteiger partial charge in [-0.3, -0.25) is 9.69 Å². The molecule has 6 heteroatoms. The molecular formula is C20H27N3O2S. The van der Waals surface area contributed by atoms with E-state index in [1.165, 1.54) is 11.3 Å². The number of aromatic nitrogens is 1. The van der Waals surface area contributed by atoms with Crippen LogP contribution in [0.25, 0.3) is 0 Å². The molecular weight excluding hydrogens is 346 g/mol. The highest BCUT2D eigenvalue weighted by Crippen LogP contribution is 2.21. The van der Waals surface area contributed by atoms with Crippen molar-refractivity contribution >= 4 is 17.2 Å². The molecule has 4 rings (SSSR count). The largest absolute Gasteiger partial charge is 0.381 e. The van der Waals surface area contributed by atoms with Gasteiger partial charge in [0.25, 0.3) is 0 Å². The number of carbonyl (C=O) groups is 1. The van der Waals surface area contributed by atoms with Gasteiger partial charge < -0.3 is 14.6 Å². The number of carbonyl (C=O) groups excluding carboxylic acids is 1. The Balaban J connectivity index is 1.41. The topological polar surface area (TPSA) is 46.5 Å². The smallest absolute Gasteiger partial charge is 0.226 e. The molecule has 1 N–H and O–H groups in total. The Kier molecular flexibility index (Phi) is 5.72. The number of rotatable bonds is 5. The molecule has 1 atom stereocenters. The Morgan fingerprint density at radius 3 is 2.96 bits per heavy atom. The van der Waals surface area contributed by atoms with Gasteiger partial charge in [0.2, 0.25) is 5.91 Å². The predicted molar refractivity (Wildman–Crippen MR) is 103 cm³/mol. The summed E-state index contributed by atoms with van der Waals surface area (Å²) in [6.45, 7) is 5.79. The van der Waals surface area contributed by atoms with Crippen LogP contribution in [0.15, 0.2) is 35.2 Å². The third-order valence-corrected chi connectivity index (χ3v) is 6.20. The van der Waals surface area contributed by atoms with Gasteiger partial charge in [-0.1, -0.05) is 0 Å². The van der Waals surface area contributed by atoms with Gasteiger partial charge in [0.05, 0.1) is 5.92 Å². The van der Waals surface area contributed by atoms with Crippen LogP contribution in [0, 0.1) is 11.8 Å². The van der Waals surface area contributed by atoms with E-state index in [1.807, 2.05) is 0 Å². The Hall–Kier alpha value is -1.63. The number of nitrogens with one attached hydrogen (secondary N) is 1. The molecule has 5 nitrogen and oxygen atoms in total. The lowest BCUT2D eigenvalue weighted by molar-refractivity contribution is -0.126. The molecule has 0 unspecified atom stereocenters. The summed E-state index contributed by atoms with van der Waals surface area (Å²) in [6, 6.07) is 6.43. The van der Waals surface area contributed by atoms with Crippen LogP contribution in [-0.2, 0) is 29.2 Å². The molecule has 0 spiro atoms. The van der Waals surface area contributed by atoms with Crippen LogP contribution in [0.5, 0.6) is 0 Å². The standard InChI is InChI=1S/C20H27N3O2S/c24-20(21-10-16-3-7-25-8-4-16)18-12-22(11-17-5-9-26-15-17)14-19-2-1-6-23(19)13-18/h1-2,5-6,9,15-16,18H,3-4,7-8,10-14H2,(H,21,24)/t18-/m0/s1. The van der Waals surface area contributed by atoms with Crippen molar-refractivity contribution in [2.75, 3.05) is 26.3 Å². The lowest BCUT2D eigenvalue weighted by Crippen LogP contribution is -2.41. The average molecular weight is 374 g/mol. The van der Waals surface area contributed by atoms with Crippen LogP contribution in [0.3, 0.4) is 0 Å². The van der Waals surface area contributed by atoms with Gasteiger partial charge in [-0.05, 0) is 53.3 Å². The summed E-state index contributed by atoms with van der Waals surface area (Å²) >= 11 is 1.73. The van der Waals surface area contributed by atoms with Crippen molar-refractivity contribution in [1.29, 1.82) is 0 Å². The summed E-state index contributed by atoms with van der Waals surface area (Å²) < 4.78 is 7.65. The summed E-state index contributed by atoms with van der Waals surface area (Å²) in [4.78, 5) is 15.3. The SMILES string of the molecule is O=C(NCC1CCOCC1)[C@H]1CN(Cc2ccsc2)Cc2cccn2C1. The van der Waals surface area contributed by atoms with Crippen LogP contribution < -0.4 is 5.32 Å². The van der Waals surface area contributed by atoms with E-state index in [2.05, 4.69) is 49.9 Å². The van der Waals surface area contributed by atoms with Crippen molar-refractivity contribution in [2.45, 2.75) is 32.5 Å². The maximum atomic E-state index is 12.9. The van der Waals surface area contributed by atoms with E-state index in [0.717, 1.165) is 58.8 Å². The Bertz CT molecular complexity index is 706. The van der Waals surface area contributed by atoms with Crippen molar-refractivity contribution in [3.8, 4) is 0 Å². The summed E-state index contributed by atoms with van der Waals surface area (Å²) in [6.07, 6.45) is 4.20. The van der Waals surface area contributed by atoms with Crippen molar-refractivity contribution in [2.24, 2.45) is 11.8 Å². The second-order valence-corrected chi connectivity index (χ2v) is 8.23. The van der Waals surface area contributed by atoms with Gasteiger partial charge in [-0.25, -0.2) is 0 Å². The monoisotopic (exact) mass is 373 g/mol. The van der Waals surface area contributed by atoms with Crippen molar-refractivity contribution in [3.05, 3.63) is 46.4 Å². The number of fused-ring (bicyclic) bond motifs is 1. The lowest BCUT2D eigenvalue weighted by Gasteiger charge is -2.25. The highest BCUT2D eigenvalue weighted by Gasteiger charge is 2.27. The normalized spacial score (nSPS) is 21.9. The molecule has 0 saturated carbocycles. The van der Waals surface area contributed by atoms with Crippen molar-refractivity contribution < 1.29 is 9.53 Å². The highest BCUT2D eigenvalue weighted by atomic mass is 32.1. The fourth-order valence-electron chi connectivity index (χ4n) is 3.94. The average Bonchev–Trinajstić information content (AvgIpc) is 3.29. The van der Waals surface area contributed by atoms with Crippen molar-refractivity contribution in [1.82, 2.24) is 14.8 Å². The van der Waals surface area contributed by atoms with Gasteiger partial charge >= 0.3 is 0 Å². The molecule has 1 amide bonds. The molecule has 1 saturated heterocycles. The third-order valence-electron chi connectivity index (χ3n) is 5.47. The van der Waals surface area contributed by atoms with Gasteiger partial charge in [-0.15, -0.1) is 0 Å². The maximum absolute atomic E-state index is 12.9. The second-order valence-electron chi connectivity index (χ2n) is 7.45. The fraction of sp³-hybridized carbons (Fsp3) is 0.550. The molecule has 0 aliphatic carbocycles. The number of ether oxygens (including phenoxy) is 1. The zero-order chi connectivity index (χ0) is 17.8. The molecule has 140 valence electrons. The maximum Gasteiger partial charge on any atom is 0.226 e. The summed E-state index contributed by atoms with van der Waals surface area (Å²) in [7, 11) is 0. The first-order valence-corrected chi connectivity index (χ1v) is 10.4. The number of nitrogens with zero attached hydrogens (tertiary/aromatic N) is 2. The van der Waals surface area contributed by atoms with Crippen LogP contribution in [0.1, 0.15) is 24.1 Å². The van der Waals surface area contributed by atoms with Gasteiger partial charge in [0.1, 0.15) is 0 Å². The molecule has 2 aliphatic rings. The predicted octanol–water partition coefficient (Wildman–Crippen LogP) is 2.72. The third kappa shape index (κ3) is 4.37. The molecule has 4 heterocycles. The van der Waals surface area contributed by atoms with Crippen molar-refractivity contribution in [3.63, 3.8) is 0 Å². The molecule has 0 bridgehead atoms. The van der Waals surface area contributed by atoms with Gasteiger partial charge in [-0.2, -0.15) is 11.3 Å². The van der Waals surface area contributed by atoms with E-state index in [0.29, 0.717) is 5.92 Å². The minimum Gasteiger partial charge on any atom is -0.381 e. The quantitative estimate of drug-likeness (QED) is 0.877. The van der Waals surface area contributed by atoms with E-state index >= 15 is 0 Å². The lowest BCUT2D eigenvalue weighted by atomic mass is 10.00. The van der Waals surface area contributed by atoms with E-state index < -0.39 is 0 Å². The Morgan fingerprint density at radius 2 is 2.15 bits per heavy atom. The molecule has 26 heavy (non-hydrogen) atoms. The first kappa shape index (κ1) is 17.8. The molecule has 0 radical (unpaired) electrons. The zero-order valence-electron chi connectivity index (χ0n) is 15.1. The van der Waals surface area contributed by atoms with Crippen LogP contribution in [-0.4, -0.2) is 41.7 Å². The molecule has 2 aliphatic heterocycles. The van der Waals surface area contributed by atoms with Crippen LogP contribution in [0.4, 0.5) is 0 Å². The Morgan fingerprint density at radius 1 is 1.27 bits per heavy atom. The number of amides is 1. The van der Waals surface area contributed by atoms with E-state index in [1.54, 1.807) is 11.3 Å².